The number of sulfonamides is 1. The minimum absolute atomic E-state index is 0.0519. The maximum Gasteiger partial charge on any atom is 0.243 e. The summed E-state index contributed by atoms with van der Waals surface area (Å²) in [6.07, 6.45) is 1.89. The summed E-state index contributed by atoms with van der Waals surface area (Å²) in [5.74, 6) is 0.353. The van der Waals surface area contributed by atoms with Gasteiger partial charge < -0.3 is 4.90 Å². The SMILES string of the molecule is CN(C)C(=O)CN1C[C@H]2CC[C@@H](C1)N(S(=O)(=O)c1ccccc1)C2. The first-order chi connectivity index (χ1) is 11.4. The first-order valence-corrected chi connectivity index (χ1v) is 9.81. The van der Waals surface area contributed by atoms with Gasteiger partial charge in [-0.05, 0) is 30.9 Å². The van der Waals surface area contributed by atoms with E-state index in [1.165, 1.54) is 0 Å². The highest BCUT2D eigenvalue weighted by Crippen LogP contribution is 2.32. The van der Waals surface area contributed by atoms with Crippen molar-refractivity contribution in [1.29, 1.82) is 0 Å². The Kier molecular flexibility index (Phi) is 4.94. The van der Waals surface area contributed by atoms with Crippen molar-refractivity contribution in [3.05, 3.63) is 30.3 Å². The van der Waals surface area contributed by atoms with E-state index in [0.717, 1.165) is 19.4 Å². The van der Waals surface area contributed by atoms with Crippen LogP contribution in [0.3, 0.4) is 0 Å². The van der Waals surface area contributed by atoms with Crippen LogP contribution in [0.1, 0.15) is 12.8 Å². The minimum Gasteiger partial charge on any atom is -0.348 e. The van der Waals surface area contributed by atoms with Crippen LogP contribution in [0.15, 0.2) is 35.2 Å². The Morgan fingerprint density at radius 3 is 2.50 bits per heavy atom. The van der Waals surface area contributed by atoms with Gasteiger partial charge in [0, 0.05) is 39.8 Å². The summed E-state index contributed by atoms with van der Waals surface area (Å²) in [7, 11) is 0.0287. The van der Waals surface area contributed by atoms with Gasteiger partial charge in [0.1, 0.15) is 0 Å². The van der Waals surface area contributed by atoms with E-state index in [0.29, 0.717) is 24.5 Å². The van der Waals surface area contributed by atoms with Crippen molar-refractivity contribution in [3.8, 4) is 0 Å². The van der Waals surface area contributed by atoms with Gasteiger partial charge in [-0.2, -0.15) is 4.31 Å². The summed E-state index contributed by atoms with van der Waals surface area (Å²) < 4.78 is 27.7. The second-order valence-corrected chi connectivity index (χ2v) is 8.86. The van der Waals surface area contributed by atoms with Gasteiger partial charge in [0.2, 0.25) is 15.9 Å². The number of amides is 1. The van der Waals surface area contributed by atoms with Gasteiger partial charge in [-0.25, -0.2) is 8.42 Å². The van der Waals surface area contributed by atoms with E-state index in [9.17, 15) is 13.2 Å². The molecule has 6 nitrogen and oxygen atoms in total. The number of carbonyl (C=O) groups is 1. The molecule has 3 aliphatic rings. The Hall–Kier alpha value is -1.44. The molecule has 132 valence electrons. The summed E-state index contributed by atoms with van der Waals surface area (Å²) in [5, 5.41) is 0. The van der Waals surface area contributed by atoms with E-state index in [2.05, 4.69) is 4.90 Å². The molecule has 0 spiro atoms. The molecule has 1 aromatic rings. The van der Waals surface area contributed by atoms with Crippen molar-refractivity contribution in [2.75, 3.05) is 40.3 Å². The fourth-order valence-electron chi connectivity index (χ4n) is 3.62. The molecule has 24 heavy (non-hydrogen) atoms. The second-order valence-electron chi connectivity index (χ2n) is 6.97. The number of carbonyl (C=O) groups excluding carboxylic acids is 1. The van der Waals surface area contributed by atoms with Gasteiger partial charge in [0.15, 0.2) is 0 Å². The van der Waals surface area contributed by atoms with E-state index in [1.54, 1.807) is 47.6 Å². The van der Waals surface area contributed by atoms with Crippen LogP contribution in [0, 0.1) is 5.92 Å². The van der Waals surface area contributed by atoms with Crippen molar-refractivity contribution < 1.29 is 13.2 Å². The molecule has 3 aliphatic heterocycles. The van der Waals surface area contributed by atoms with E-state index < -0.39 is 10.0 Å². The largest absolute Gasteiger partial charge is 0.348 e. The number of piperidine rings is 1. The topological polar surface area (TPSA) is 60.9 Å². The number of rotatable bonds is 4. The van der Waals surface area contributed by atoms with Crippen molar-refractivity contribution in [1.82, 2.24) is 14.1 Å². The van der Waals surface area contributed by atoms with Gasteiger partial charge in [0.05, 0.1) is 11.4 Å². The predicted molar refractivity (Wildman–Crippen MR) is 92.0 cm³/mol. The predicted octanol–water partition coefficient (Wildman–Crippen LogP) is 0.860. The highest BCUT2D eigenvalue weighted by molar-refractivity contribution is 7.89. The highest BCUT2D eigenvalue weighted by Gasteiger charge is 2.41. The molecule has 7 heteroatoms. The molecule has 0 N–H and O–H groups in total. The summed E-state index contributed by atoms with van der Waals surface area (Å²) in [4.78, 5) is 16.1. The van der Waals surface area contributed by atoms with E-state index in [1.807, 2.05) is 6.07 Å². The van der Waals surface area contributed by atoms with Gasteiger partial charge in [-0.3, -0.25) is 9.69 Å². The van der Waals surface area contributed by atoms with Crippen LogP contribution < -0.4 is 0 Å². The molecule has 3 heterocycles. The van der Waals surface area contributed by atoms with Gasteiger partial charge in [0.25, 0.3) is 0 Å². The quantitative estimate of drug-likeness (QED) is 0.807. The molecule has 4 rings (SSSR count). The summed E-state index contributed by atoms with van der Waals surface area (Å²) >= 11 is 0. The first kappa shape index (κ1) is 17.4. The van der Waals surface area contributed by atoms with Crippen molar-refractivity contribution in [3.63, 3.8) is 0 Å². The second kappa shape index (κ2) is 6.82. The van der Waals surface area contributed by atoms with Crippen LogP contribution in [0.25, 0.3) is 0 Å². The molecule has 3 saturated heterocycles. The van der Waals surface area contributed by atoms with Crippen LogP contribution >= 0.6 is 0 Å². The van der Waals surface area contributed by atoms with Crippen molar-refractivity contribution >= 4 is 15.9 Å². The van der Waals surface area contributed by atoms with Crippen LogP contribution in [0.4, 0.5) is 0 Å². The Labute approximate surface area is 144 Å². The standard InChI is InChI=1S/C17H25N3O3S/c1-18(2)17(21)13-19-10-14-8-9-15(12-19)20(11-14)24(22,23)16-6-4-3-5-7-16/h3-7,14-15H,8-13H2,1-2H3/t14-,15+/m1/s1. The van der Waals surface area contributed by atoms with Crippen LogP contribution in [0.5, 0.6) is 0 Å². The summed E-state index contributed by atoms with van der Waals surface area (Å²) in [6.45, 7) is 2.33. The lowest BCUT2D eigenvalue weighted by Crippen LogP contribution is -2.47. The average Bonchev–Trinajstić information content (AvgIpc) is 2.86. The molecule has 1 amide bonds. The van der Waals surface area contributed by atoms with Crippen LogP contribution in [0.2, 0.25) is 0 Å². The average molecular weight is 351 g/mol. The van der Waals surface area contributed by atoms with Crippen LogP contribution in [-0.4, -0.2) is 74.7 Å². The lowest BCUT2D eigenvalue weighted by atomic mass is 9.97. The maximum atomic E-state index is 13.0. The number of benzene rings is 1. The Balaban J connectivity index is 1.80. The number of nitrogens with zero attached hydrogens (tertiary/aromatic N) is 3. The number of hydrogen-bond donors (Lipinski definition) is 0. The molecule has 1 aromatic carbocycles. The molecule has 0 unspecified atom stereocenters. The Morgan fingerprint density at radius 1 is 1.12 bits per heavy atom. The molecule has 0 radical (unpaired) electrons. The van der Waals surface area contributed by atoms with E-state index in [-0.39, 0.29) is 17.9 Å². The number of likely N-dealkylation sites (N-methyl/N-ethyl adjacent to an activating group) is 1. The zero-order chi connectivity index (χ0) is 17.3. The van der Waals surface area contributed by atoms with Crippen molar-refractivity contribution in [2.24, 2.45) is 5.92 Å². The minimum atomic E-state index is -3.47. The monoisotopic (exact) mass is 351 g/mol. The fourth-order valence-corrected chi connectivity index (χ4v) is 5.36. The Morgan fingerprint density at radius 2 is 1.83 bits per heavy atom. The molecule has 0 saturated carbocycles. The lowest BCUT2D eigenvalue weighted by molar-refractivity contribution is -0.129. The molecule has 0 aliphatic carbocycles. The zero-order valence-corrected chi connectivity index (χ0v) is 15.1. The van der Waals surface area contributed by atoms with Gasteiger partial charge >= 0.3 is 0 Å². The molecule has 3 fully saturated rings. The van der Waals surface area contributed by atoms with Crippen molar-refractivity contribution in [2.45, 2.75) is 23.8 Å². The zero-order valence-electron chi connectivity index (χ0n) is 14.3. The highest BCUT2D eigenvalue weighted by atomic mass is 32.2. The third kappa shape index (κ3) is 3.48. The van der Waals surface area contributed by atoms with Crippen LogP contribution in [-0.2, 0) is 14.8 Å². The fraction of sp³-hybridized carbons (Fsp3) is 0.588. The molecule has 0 aromatic heterocycles. The summed E-state index contributed by atoms with van der Waals surface area (Å²) in [5.41, 5.74) is 0. The number of fused-ring (bicyclic) bond motifs is 4. The molecular formula is C17H25N3O3S. The van der Waals surface area contributed by atoms with E-state index >= 15 is 0 Å². The lowest BCUT2D eigenvalue weighted by Gasteiger charge is -2.35. The third-order valence-corrected chi connectivity index (χ3v) is 6.88. The maximum absolute atomic E-state index is 13.0. The van der Waals surface area contributed by atoms with Gasteiger partial charge in [-0.1, -0.05) is 18.2 Å². The molecular weight excluding hydrogens is 326 g/mol. The van der Waals surface area contributed by atoms with E-state index in [4.69, 9.17) is 0 Å². The third-order valence-electron chi connectivity index (χ3n) is 4.95. The first-order valence-electron chi connectivity index (χ1n) is 8.37. The molecule has 2 atom stereocenters. The molecule has 2 bridgehead atoms. The normalized spacial score (nSPS) is 25.4. The number of hydrogen-bond acceptors (Lipinski definition) is 4. The smallest absolute Gasteiger partial charge is 0.243 e. The van der Waals surface area contributed by atoms with Gasteiger partial charge in [-0.15, -0.1) is 0 Å². The summed E-state index contributed by atoms with van der Waals surface area (Å²) in [6, 6.07) is 8.59. The Bertz CT molecular complexity index is 690.